The topological polar surface area (TPSA) is 57.5 Å². The lowest BCUT2D eigenvalue weighted by atomic mass is 9.69. The Kier molecular flexibility index (Phi) is 3.78. The number of hydrogen-bond acceptors (Lipinski definition) is 3. The molecule has 4 aromatic rings. The summed E-state index contributed by atoms with van der Waals surface area (Å²) in [6, 6.07) is 25.7. The molecule has 0 heterocycles. The number of rotatable bonds is 2. The number of hydrogen-bond donors (Lipinski definition) is 2. The van der Waals surface area contributed by atoms with Gasteiger partial charge in [-0.25, -0.2) is 0 Å². The van der Waals surface area contributed by atoms with Gasteiger partial charge in [0.2, 0.25) is 0 Å². The number of phenolic OH excluding ortho intramolecular Hbond substituents is 2. The number of Topliss-reactive ketones (excluding diaryl/α,β-unsaturated/α-hetero) is 1. The van der Waals surface area contributed by atoms with E-state index in [1.165, 1.54) is 0 Å². The summed E-state index contributed by atoms with van der Waals surface area (Å²) in [5, 5.41) is 23.6. The van der Waals surface area contributed by atoms with Crippen LogP contribution >= 0.6 is 0 Å². The highest BCUT2D eigenvalue weighted by atomic mass is 16.3. The fourth-order valence-corrected chi connectivity index (χ4v) is 4.15. The lowest BCUT2D eigenvalue weighted by molar-refractivity contribution is -0.115. The van der Waals surface area contributed by atoms with Gasteiger partial charge in [-0.3, -0.25) is 4.79 Å². The highest BCUT2D eigenvalue weighted by Crippen LogP contribution is 2.38. The molecule has 0 unspecified atom stereocenters. The maximum Gasteiger partial charge on any atom is 0.175 e. The van der Waals surface area contributed by atoms with E-state index in [2.05, 4.69) is 12.1 Å². The van der Waals surface area contributed by atoms with Gasteiger partial charge in [0.1, 0.15) is 16.9 Å². The molecule has 29 heavy (non-hydrogen) atoms. The van der Waals surface area contributed by atoms with Gasteiger partial charge in [0.05, 0.1) is 0 Å². The third-order valence-corrected chi connectivity index (χ3v) is 5.64. The summed E-state index contributed by atoms with van der Waals surface area (Å²) in [7, 11) is 0. The summed E-state index contributed by atoms with van der Waals surface area (Å²) in [5.74, 6) is 0.234. The Hall–Kier alpha value is -3.85. The van der Waals surface area contributed by atoms with E-state index in [1.807, 2.05) is 30.3 Å². The Morgan fingerprint density at radius 1 is 0.621 bits per heavy atom. The van der Waals surface area contributed by atoms with Crippen LogP contribution in [0.15, 0.2) is 84.9 Å². The molecule has 0 aliphatic heterocycles. The summed E-state index contributed by atoms with van der Waals surface area (Å²) in [4.78, 5) is 13.6. The van der Waals surface area contributed by atoms with Gasteiger partial charge in [0.15, 0.2) is 5.78 Å². The molecule has 0 atom stereocenters. The van der Waals surface area contributed by atoms with Gasteiger partial charge in [0, 0.05) is 0 Å². The first-order chi connectivity index (χ1) is 14.1. The molecule has 5 rings (SSSR count). The molecule has 3 nitrogen and oxygen atoms in total. The third-order valence-electron chi connectivity index (χ3n) is 5.64. The second kappa shape index (κ2) is 6.35. The first kappa shape index (κ1) is 17.3. The van der Waals surface area contributed by atoms with Crippen molar-refractivity contribution in [2.45, 2.75) is 5.41 Å². The third kappa shape index (κ3) is 2.71. The Morgan fingerprint density at radius 3 is 1.62 bits per heavy atom. The van der Waals surface area contributed by atoms with Crippen molar-refractivity contribution >= 4 is 28.7 Å². The number of aromatic hydroxyl groups is 2. The summed E-state index contributed by atoms with van der Waals surface area (Å²) >= 11 is 0. The molecule has 0 aromatic heterocycles. The zero-order valence-corrected chi connectivity index (χ0v) is 15.5. The van der Waals surface area contributed by atoms with Gasteiger partial charge in [-0.1, -0.05) is 54.6 Å². The number of benzene rings is 4. The second-order valence-electron chi connectivity index (χ2n) is 7.38. The molecule has 3 heteroatoms. The van der Waals surface area contributed by atoms with Crippen LogP contribution in [0, 0.1) is 0 Å². The smallest absolute Gasteiger partial charge is 0.175 e. The average molecular weight is 378 g/mol. The first-order valence-corrected chi connectivity index (χ1v) is 9.43. The maximum absolute atomic E-state index is 13.6. The number of carbonyl (C=O) groups excluding carboxylic acids is 1. The molecular weight excluding hydrogens is 360 g/mol. The van der Waals surface area contributed by atoms with Crippen molar-refractivity contribution in [3.63, 3.8) is 0 Å². The maximum atomic E-state index is 13.6. The Labute approximate surface area is 167 Å². The van der Waals surface area contributed by atoms with Crippen LogP contribution in [-0.2, 0) is 10.2 Å². The van der Waals surface area contributed by atoms with E-state index < -0.39 is 5.41 Å². The van der Waals surface area contributed by atoms with Gasteiger partial charge in [-0.05, 0) is 74.8 Å². The molecule has 1 aliphatic rings. The fourth-order valence-electron chi connectivity index (χ4n) is 4.15. The van der Waals surface area contributed by atoms with Gasteiger partial charge in [0.25, 0.3) is 0 Å². The van der Waals surface area contributed by atoms with Crippen LogP contribution in [0.5, 0.6) is 11.5 Å². The number of phenols is 2. The molecule has 4 aromatic carbocycles. The van der Waals surface area contributed by atoms with E-state index in [-0.39, 0.29) is 17.3 Å². The molecule has 0 radical (unpaired) electrons. The van der Waals surface area contributed by atoms with Crippen molar-refractivity contribution in [1.29, 1.82) is 0 Å². The standard InChI is InChI=1S/C26H18O3/c27-23-9-5-21(6-10-23)26(22-7-11-24(28)12-8-22)16-20-14-18-4-2-1-3-17(18)13-19(20)15-25(26)29/h1-16,27-28H. The highest BCUT2D eigenvalue weighted by Gasteiger charge is 2.40. The highest BCUT2D eigenvalue weighted by molar-refractivity contribution is 6.19. The van der Waals surface area contributed by atoms with Gasteiger partial charge in [-0.15, -0.1) is 0 Å². The van der Waals surface area contributed by atoms with Crippen molar-refractivity contribution in [1.82, 2.24) is 0 Å². The van der Waals surface area contributed by atoms with Crippen LogP contribution in [0.2, 0.25) is 0 Å². The quantitative estimate of drug-likeness (QED) is 0.562. The van der Waals surface area contributed by atoms with Crippen LogP contribution < -0.4 is 10.4 Å². The molecule has 140 valence electrons. The predicted octanol–water partition coefficient (Wildman–Crippen LogP) is 3.38. The van der Waals surface area contributed by atoms with Gasteiger partial charge < -0.3 is 10.2 Å². The van der Waals surface area contributed by atoms with E-state index in [0.717, 1.165) is 32.3 Å². The summed E-state index contributed by atoms with van der Waals surface area (Å²) < 4.78 is 0. The summed E-state index contributed by atoms with van der Waals surface area (Å²) in [5.41, 5.74) is 0.499. The molecule has 2 N–H and O–H groups in total. The van der Waals surface area contributed by atoms with Gasteiger partial charge in [-0.2, -0.15) is 0 Å². The average Bonchev–Trinajstić information content (AvgIpc) is 2.73. The molecule has 1 aliphatic carbocycles. The van der Waals surface area contributed by atoms with E-state index in [1.54, 1.807) is 54.6 Å². The van der Waals surface area contributed by atoms with Crippen LogP contribution in [0.25, 0.3) is 22.9 Å². The largest absolute Gasteiger partial charge is 0.508 e. The van der Waals surface area contributed by atoms with Crippen LogP contribution in [-0.4, -0.2) is 16.0 Å². The lowest BCUT2D eigenvalue weighted by Gasteiger charge is -2.31. The monoisotopic (exact) mass is 378 g/mol. The predicted molar refractivity (Wildman–Crippen MR) is 114 cm³/mol. The van der Waals surface area contributed by atoms with Crippen molar-refractivity contribution in [3.8, 4) is 11.5 Å². The van der Waals surface area contributed by atoms with Crippen molar-refractivity contribution in [2.24, 2.45) is 0 Å². The fraction of sp³-hybridized carbons (Fsp3) is 0.0385. The van der Waals surface area contributed by atoms with E-state index in [0.29, 0.717) is 0 Å². The summed E-state index contributed by atoms with van der Waals surface area (Å²) in [6.07, 6.45) is 3.69. The summed E-state index contributed by atoms with van der Waals surface area (Å²) in [6.45, 7) is 0. The molecule has 0 saturated carbocycles. The minimum absolute atomic E-state index is 0.0586. The Bertz CT molecular complexity index is 1320. The Morgan fingerprint density at radius 2 is 1.10 bits per heavy atom. The van der Waals surface area contributed by atoms with E-state index in [4.69, 9.17) is 0 Å². The Balaban J connectivity index is 1.86. The SMILES string of the molecule is O=C1C=c2cc3ccccc3cc2=CC1(c1ccc(O)cc1)c1ccc(O)cc1. The molecule has 0 saturated heterocycles. The van der Waals surface area contributed by atoms with E-state index >= 15 is 0 Å². The van der Waals surface area contributed by atoms with Crippen LogP contribution in [0.3, 0.4) is 0 Å². The van der Waals surface area contributed by atoms with Crippen molar-refractivity contribution in [2.75, 3.05) is 0 Å². The number of ketones is 1. The van der Waals surface area contributed by atoms with Crippen molar-refractivity contribution in [3.05, 3.63) is 106 Å². The minimum atomic E-state index is -1.03. The van der Waals surface area contributed by atoms with E-state index in [9.17, 15) is 15.0 Å². The van der Waals surface area contributed by atoms with Crippen molar-refractivity contribution < 1.29 is 15.0 Å². The first-order valence-electron chi connectivity index (χ1n) is 9.43. The van der Waals surface area contributed by atoms with Crippen LogP contribution in [0.1, 0.15) is 11.1 Å². The van der Waals surface area contributed by atoms with Crippen LogP contribution in [0.4, 0.5) is 0 Å². The number of fused-ring (bicyclic) bond motifs is 2. The molecule has 0 spiro atoms. The molecule has 0 amide bonds. The second-order valence-corrected chi connectivity index (χ2v) is 7.38. The molecule has 0 bridgehead atoms. The normalized spacial score (nSPS) is 14.7. The molecular formula is C26H18O3. The molecule has 0 fully saturated rings. The lowest BCUT2D eigenvalue weighted by Crippen LogP contribution is -2.43. The zero-order valence-electron chi connectivity index (χ0n) is 15.5. The number of carbonyl (C=O) groups is 1. The van der Waals surface area contributed by atoms with Gasteiger partial charge >= 0.3 is 0 Å². The minimum Gasteiger partial charge on any atom is -0.508 e. The zero-order chi connectivity index (χ0) is 20.0.